The van der Waals surface area contributed by atoms with E-state index in [-0.39, 0.29) is 5.95 Å². The van der Waals surface area contributed by atoms with Crippen molar-refractivity contribution in [1.29, 1.82) is 0 Å². The van der Waals surface area contributed by atoms with Crippen LogP contribution in [0.25, 0.3) is 0 Å². The molecule has 2 unspecified atom stereocenters. The molecule has 2 heterocycles. The molecule has 0 aromatic carbocycles. The monoisotopic (exact) mass is 250 g/mol. The molecule has 2 atom stereocenters. The fourth-order valence-electron chi connectivity index (χ4n) is 2.89. The quantitative estimate of drug-likeness (QED) is 0.838. The Morgan fingerprint density at radius 3 is 3.17 bits per heavy atom. The summed E-state index contributed by atoms with van der Waals surface area (Å²) >= 11 is 0. The Morgan fingerprint density at radius 1 is 1.44 bits per heavy atom. The van der Waals surface area contributed by atoms with Crippen LogP contribution in [0.15, 0.2) is 6.07 Å². The third-order valence-corrected chi connectivity index (χ3v) is 3.69. The number of nitrogen functional groups attached to an aromatic ring is 1. The van der Waals surface area contributed by atoms with Crippen LogP contribution in [0.3, 0.4) is 0 Å². The van der Waals surface area contributed by atoms with Gasteiger partial charge in [-0.1, -0.05) is 0 Å². The molecule has 18 heavy (non-hydrogen) atoms. The predicted molar refractivity (Wildman–Crippen MR) is 67.7 cm³/mol. The number of hydrogen-bond donors (Lipinski definition) is 1. The molecule has 0 radical (unpaired) electrons. The first kappa shape index (κ1) is 11.5. The molecule has 6 heteroatoms. The Bertz CT molecular complexity index is 440. The number of anilines is 2. The molecule has 1 saturated carbocycles. The average molecular weight is 250 g/mol. The van der Waals surface area contributed by atoms with Gasteiger partial charge in [0.2, 0.25) is 11.8 Å². The van der Waals surface area contributed by atoms with E-state index in [2.05, 4.69) is 14.9 Å². The van der Waals surface area contributed by atoms with E-state index in [9.17, 15) is 0 Å². The van der Waals surface area contributed by atoms with Crippen molar-refractivity contribution in [2.45, 2.75) is 31.4 Å². The number of morpholine rings is 1. The lowest BCUT2D eigenvalue weighted by Gasteiger charge is -2.38. The molecule has 1 aromatic rings. The summed E-state index contributed by atoms with van der Waals surface area (Å²) in [6.07, 6.45) is 3.83. The lowest BCUT2D eigenvalue weighted by Crippen LogP contribution is -2.49. The number of nitrogens with zero attached hydrogens (tertiary/aromatic N) is 3. The highest BCUT2D eigenvalue weighted by Crippen LogP contribution is 2.33. The smallest absolute Gasteiger partial charge is 0.225 e. The number of hydrogen-bond acceptors (Lipinski definition) is 6. The summed E-state index contributed by atoms with van der Waals surface area (Å²) in [5, 5.41) is 0. The third kappa shape index (κ3) is 1.96. The number of ether oxygens (including phenoxy) is 2. The molecule has 2 aliphatic rings. The second kappa shape index (κ2) is 4.61. The zero-order valence-corrected chi connectivity index (χ0v) is 10.5. The van der Waals surface area contributed by atoms with Crippen molar-refractivity contribution in [3.63, 3.8) is 0 Å². The number of aromatic nitrogens is 2. The van der Waals surface area contributed by atoms with E-state index in [1.165, 1.54) is 6.42 Å². The second-order valence-electron chi connectivity index (χ2n) is 4.73. The van der Waals surface area contributed by atoms with Gasteiger partial charge in [-0.3, -0.25) is 0 Å². The zero-order chi connectivity index (χ0) is 12.5. The maximum absolute atomic E-state index is 5.79. The maximum atomic E-state index is 5.79. The maximum Gasteiger partial charge on any atom is 0.225 e. The fourth-order valence-corrected chi connectivity index (χ4v) is 2.89. The Labute approximate surface area is 106 Å². The highest BCUT2D eigenvalue weighted by atomic mass is 16.5. The number of fused-ring (bicyclic) bond motifs is 1. The van der Waals surface area contributed by atoms with E-state index in [0.717, 1.165) is 31.8 Å². The molecule has 0 amide bonds. The van der Waals surface area contributed by atoms with Crippen molar-refractivity contribution >= 4 is 11.8 Å². The molecule has 98 valence electrons. The molecule has 1 aromatic heterocycles. The third-order valence-electron chi connectivity index (χ3n) is 3.69. The van der Waals surface area contributed by atoms with Crippen LogP contribution in [0.1, 0.15) is 19.3 Å². The van der Waals surface area contributed by atoms with Gasteiger partial charge in [-0.05, 0) is 19.3 Å². The van der Waals surface area contributed by atoms with Crippen LogP contribution in [0, 0.1) is 0 Å². The van der Waals surface area contributed by atoms with E-state index >= 15 is 0 Å². The minimum Gasteiger partial charge on any atom is -0.481 e. The topological polar surface area (TPSA) is 73.5 Å². The summed E-state index contributed by atoms with van der Waals surface area (Å²) in [7, 11) is 1.59. The SMILES string of the molecule is COc1cc(N2CCOC3CCCC32)nc(N)n1. The molecule has 2 fully saturated rings. The Hall–Kier alpha value is -1.56. The summed E-state index contributed by atoms with van der Waals surface area (Å²) in [5.41, 5.74) is 5.72. The summed E-state index contributed by atoms with van der Waals surface area (Å²) < 4.78 is 10.9. The Morgan fingerprint density at radius 2 is 2.33 bits per heavy atom. The number of methoxy groups -OCH3 is 1. The van der Waals surface area contributed by atoms with E-state index in [1.807, 2.05) is 6.07 Å². The minimum atomic E-state index is 0.255. The molecule has 0 spiro atoms. The molecule has 1 aliphatic carbocycles. The minimum absolute atomic E-state index is 0.255. The van der Waals surface area contributed by atoms with E-state index in [1.54, 1.807) is 7.11 Å². The van der Waals surface area contributed by atoms with Crippen LogP contribution in [0.4, 0.5) is 11.8 Å². The average Bonchev–Trinajstić information content (AvgIpc) is 2.85. The highest BCUT2D eigenvalue weighted by Gasteiger charge is 2.36. The zero-order valence-electron chi connectivity index (χ0n) is 10.5. The molecule has 0 bridgehead atoms. The van der Waals surface area contributed by atoms with Crippen molar-refractivity contribution in [2.75, 3.05) is 30.9 Å². The van der Waals surface area contributed by atoms with Gasteiger partial charge in [-0.2, -0.15) is 9.97 Å². The lowest BCUT2D eigenvalue weighted by atomic mass is 10.1. The van der Waals surface area contributed by atoms with Gasteiger partial charge in [0.1, 0.15) is 5.82 Å². The first-order chi connectivity index (χ1) is 8.78. The van der Waals surface area contributed by atoms with Crippen LogP contribution in [-0.4, -0.2) is 42.4 Å². The van der Waals surface area contributed by atoms with Gasteiger partial charge < -0.3 is 20.1 Å². The lowest BCUT2D eigenvalue weighted by molar-refractivity contribution is 0.0253. The fraction of sp³-hybridized carbons (Fsp3) is 0.667. The van der Waals surface area contributed by atoms with Crippen molar-refractivity contribution in [1.82, 2.24) is 9.97 Å². The summed E-state index contributed by atoms with van der Waals surface area (Å²) in [6.45, 7) is 1.59. The number of rotatable bonds is 2. The van der Waals surface area contributed by atoms with Gasteiger partial charge in [0.25, 0.3) is 0 Å². The first-order valence-electron chi connectivity index (χ1n) is 6.35. The largest absolute Gasteiger partial charge is 0.481 e. The molecule has 6 nitrogen and oxygen atoms in total. The van der Waals surface area contributed by atoms with Crippen molar-refractivity contribution in [2.24, 2.45) is 0 Å². The van der Waals surface area contributed by atoms with Gasteiger partial charge in [0.05, 0.1) is 25.9 Å². The van der Waals surface area contributed by atoms with E-state index < -0.39 is 0 Å². The first-order valence-corrected chi connectivity index (χ1v) is 6.35. The van der Waals surface area contributed by atoms with Gasteiger partial charge in [0, 0.05) is 12.6 Å². The standard InChI is InChI=1S/C12H18N4O2/c1-17-11-7-10(14-12(13)15-11)16-5-6-18-9-4-2-3-8(9)16/h7-9H,2-6H2,1H3,(H2,13,14,15). The molecule has 1 aliphatic heterocycles. The van der Waals surface area contributed by atoms with Crippen molar-refractivity contribution in [3.8, 4) is 5.88 Å². The molecular formula is C12H18N4O2. The van der Waals surface area contributed by atoms with Crippen LogP contribution < -0.4 is 15.4 Å². The van der Waals surface area contributed by atoms with E-state index in [4.69, 9.17) is 15.2 Å². The summed E-state index contributed by atoms with van der Waals surface area (Å²) in [4.78, 5) is 10.6. The van der Waals surface area contributed by atoms with Crippen LogP contribution in [-0.2, 0) is 4.74 Å². The normalized spacial score (nSPS) is 27.1. The van der Waals surface area contributed by atoms with Gasteiger partial charge in [-0.25, -0.2) is 0 Å². The Kier molecular flexibility index (Phi) is 2.95. The second-order valence-corrected chi connectivity index (χ2v) is 4.73. The molecule has 1 saturated heterocycles. The predicted octanol–water partition coefficient (Wildman–Crippen LogP) is 0.825. The van der Waals surface area contributed by atoms with Crippen LogP contribution in [0.5, 0.6) is 5.88 Å². The van der Waals surface area contributed by atoms with Crippen LogP contribution in [0.2, 0.25) is 0 Å². The molecule has 2 N–H and O–H groups in total. The summed E-state index contributed by atoms with van der Waals surface area (Å²) in [6, 6.07) is 2.26. The summed E-state index contributed by atoms with van der Waals surface area (Å²) in [5.74, 6) is 1.61. The Balaban J connectivity index is 1.90. The highest BCUT2D eigenvalue weighted by molar-refractivity contribution is 5.47. The molecule has 3 rings (SSSR count). The molecular weight excluding hydrogens is 232 g/mol. The van der Waals surface area contributed by atoms with Crippen molar-refractivity contribution < 1.29 is 9.47 Å². The van der Waals surface area contributed by atoms with Gasteiger partial charge >= 0.3 is 0 Å². The van der Waals surface area contributed by atoms with Gasteiger partial charge in [-0.15, -0.1) is 0 Å². The van der Waals surface area contributed by atoms with E-state index in [0.29, 0.717) is 18.0 Å². The van der Waals surface area contributed by atoms with Crippen molar-refractivity contribution in [3.05, 3.63) is 6.07 Å². The number of nitrogens with two attached hydrogens (primary N) is 1. The van der Waals surface area contributed by atoms with Gasteiger partial charge in [0.15, 0.2) is 0 Å². The van der Waals surface area contributed by atoms with Crippen LogP contribution >= 0.6 is 0 Å².